The van der Waals surface area contributed by atoms with Crippen LogP contribution in [-0.4, -0.2) is 6.04 Å². The van der Waals surface area contributed by atoms with Gasteiger partial charge in [-0.25, -0.2) is 0 Å². The van der Waals surface area contributed by atoms with E-state index in [1.54, 1.807) is 0 Å². The SMILES string of the molecule is C=CCC(Cc1ccc(Br)cc1Cl)NN. The maximum Gasteiger partial charge on any atom is 0.0449 e. The van der Waals surface area contributed by atoms with Gasteiger partial charge in [0.15, 0.2) is 0 Å². The number of nitrogens with one attached hydrogen (secondary N) is 1. The monoisotopic (exact) mass is 288 g/mol. The first-order chi connectivity index (χ1) is 7.17. The topological polar surface area (TPSA) is 38.0 Å². The van der Waals surface area contributed by atoms with E-state index >= 15 is 0 Å². The molecule has 0 aliphatic rings. The van der Waals surface area contributed by atoms with Crippen molar-refractivity contribution in [1.82, 2.24) is 5.43 Å². The van der Waals surface area contributed by atoms with E-state index in [2.05, 4.69) is 27.9 Å². The van der Waals surface area contributed by atoms with Gasteiger partial charge in [0.2, 0.25) is 0 Å². The van der Waals surface area contributed by atoms with Crippen molar-refractivity contribution < 1.29 is 0 Å². The van der Waals surface area contributed by atoms with Crippen molar-refractivity contribution in [3.05, 3.63) is 45.9 Å². The van der Waals surface area contributed by atoms with Gasteiger partial charge in [0.05, 0.1) is 0 Å². The number of hydrogen-bond donors (Lipinski definition) is 2. The molecule has 0 aromatic heterocycles. The Labute approximate surface area is 104 Å². The third kappa shape index (κ3) is 3.95. The van der Waals surface area contributed by atoms with Crippen molar-refractivity contribution in [2.24, 2.45) is 5.84 Å². The minimum Gasteiger partial charge on any atom is -0.271 e. The number of hydrazine groups is 1. The molecule has 0 radical (unpaired) electrons. The highest BCUT2D eigenvalue weighted by Gasteiger charge is 2.08. The average Bonchev–Trinajstić information content (AvgIpc) is 2.21. The third-order valence-corrected chi connectivity index (χ3v) is 3.01. The lowest BCUT2D eigenvalue weighted by Crippen LogP contribution is -2.36. The minimum atomic E-state index is 0.182. The predicted octanol–water partition coefficient (Wildman–Crippen LogP) is 3.05. The van der Waals surface area contributed by atoms with Crippen LogP contribution in [0.4, 0.5) is 0 Å². The summed E-state index contributed by atoms with van der Waals surface area (Å²) in [6.07, 6.45) is 3.47. The van der Waals surface area contributed by atoms with Gasteiger partial charge in [0.25, 0.3) is 0 Å². The molecule has 1 aromatic rings. The van der Waals surface area contributed by atoms with E-state index in [0.717, 1.165) is 27.9 Å². The average molecular weight is 290 g/mol. The van der Waals surface area contributed by atoms with Crippen molar-refractivity contribution in [3.63, 3.8) is 0 Å². The first-order valence-corrected chi connectivity index (χ1v) is 5.85. The summed E-state index contributed by atoms with van der Waals surface area (Å²) in [5.41, 5.74) is 3.84. The number of benzene rings is 1. The Morgan fingerprint density at radius 1 is 1.60 bits per heavy atom. The van der Waals surface area contributed by atoms with Crippen LogP contribution in [-0.2, 0) is 6.42 Å². The molecule has 15 heavy (non-hydrogen) atoms. The van der Waals surface area contributed by atoms with Gasteiger partial charge in [-0.1, -0.05) is 39.7 Å². The zero-order valence-electron chi connectivity index (χ0n) is 8.34. The molecule has 0 aliphatic heterocycles. The summed E-state index contributed by atoms with van der Waals surface area (Å²) >= 11 is 9.48. The summed E-state index contributed by atoms with van der Waals surface area (Å²) in [4.78, 5) is 0. The standard InChI is InChI=1S/C11H14BrClN2/c1-2-3-10(15-14)6-8-4-5-9(12)7-11(8)13/h2,4-5,7,10,15H,1,3,6,14H2. The van der Waals surface area contributed by atoms with Gasteiger partial charge in [-0.15, -0.1) is 6.58 Å². The molecule has 3 N–H and O–H groups in total. The maximum atomic E-state index is 6.11. The molecule has 0 spiro atoms. The number of rotatable bonds is 5. The molecule has 1 rings (SSSR count). The van der Waals surface area contributed by atoms with Gasteiger partial charge >= 0.3 is 0 Å². The molecule has 0 aliphatic carbocycles. The molecule has 1 aromatic carbocycles. The Balaban J connectivity index is 2.74. The molecular formula is C11H14BrClN2. The van der Waals surface area contributed by atoms with Crippen LogP contribution in [0.5, 0.6) is 0 Å². The van der Waals surface area contributed by atoms with Crippen molar-refractivity contribution in [1.29, 1.82) is 0 Å². The molecule has 0 amide bonds. The first-order valence-electron chi connectivity index (χ1n) is 4.68. The Kier molecular flexibility index (Phi) is 5.32. The lowest BCUT2D eigenvalue weighted by atomic mass is 10.0. The van der Waals surface area contributed by atoms with E-state index in [1.807, 2.05) is 24.3 Å². The number of halogens is 2. The summed E-state index contributed by atoms with van der Waals surface area (Å²) < 4.78 is 0.984. The van der Waals surface area contributed by atoms with Gasteiger partial charge in [-0.05, 0) is 30.5 Å². The van der Waals surface area contributed by atoms with Crippen molar-refractivity contribution in [2.45, 2.75) is 18.9 Å². The van der Waals surface area contributed by atoms with Crippen LogP contribution in [0.3, 0.4) is 0 Å². The van der Waals surface area contributed by atoms with Crippen LogP contribution >= 0.6 is 27.5 Å². The number of nitrogens with two attached hydrogens (primary N) is 1. The van der Waals surface area contributed by atoms with E-state index in [1.165, 1.54) is 0 Å². The lowest BCUT2D eigenvalue weighted by molar-refractivity contribution is 0.531. The quantitative estimate of drug-likeness (QED) is 0.497. The van der Waals surface area contributed by atoms with E-state index in [4.69, 9.17) is 17.4 Å². The molecular weight excluding hydrogens is 275 g/mol. The fraction of sp³-hybridized carbons (Fsp3) is 0.273. The molecule has 0 bridgehead atoms. The molecule has 0 saturated heterocycles. The lowest BCUT2D eigenvalue weighted by Gasteiger charge is -2.14. The highest BCUT2D eigenvalue weighted by molar-refractivity contribution is 9.10. The highest BCUT2D eigenvalue weighted by Crippen LogP contribution is 2.22. The Morgan fingerprint density at radius 3 is 2.87 bits per heavy atom. The maximum absolute atomic E-state index is 6.11. The zero-order valence-corrected chi connectivity index (χ0v) is 10.7. The molecule has 0 fully saturated rings. The van der Waals surface area contributed by atoms with E-state index in [0.29, 0.717) is 0 Å². The van der Waals surface area contributed by atoms with Crippen molar-refractivity contribution in [3.8, 4) is 0 Å². The summed E-state index contributed by atoms with van der Waals surface area (Å²) in [5, 5.41) is 0.758. The van der Waals surface area contributed by atoms with Crippen LogP contribution in [0.1, 0.15) is 12.0 Å². The third-order valence-electron chi connectivity index (χ3n) is 2.17. The fourth-order valence-electron chi connectivity index (χ4n) is 1.36. The molecule has 0 saturated carbocycles. The van der Waals surface area contributed by atoms with Gasteiger partial charge < -0.3 is 0 Å². The second-order valence-electron chi connectivity index (χ2n) is 3.33. The smallest absolute Gasteiger partial charge is 0.0449 e. The first kappa shape index (κ1) is 12.7. The summed E-state index contributed by atoms with van der Waals surface area (Å²) in [6.45, 7) is 3.69. The molecule has 4 heteroatoms. The minimum absolute atomic E-state index is 0.182. The van der Waals surface area contributed by atoms with E-state index in [-0.39, 0.29) is 6.04 Å². The van der Waals surface area contributed by atoms with Crippen LogP contribution in [0, 0.1) is 0 Å². The zero-order chi connectivity index (χ0) is 11.3. The van der Waals surface area contributed by atoms with Gasteiger partial charge in [0, 0.05) is 15.5 Å². The van der Waals surface area contributed by atoms with Crippen LogP contribution in [0.25, 0.3) is 0 Å². The van der Waals surface area contributed by atoms with Gasteiger partial charge in [-0.2, -0.15) is 0 Å². The van der Waals surface area contributed by atoms with Crippen LogP contribution < -0.4 is 11.3 Å². The molecule has 1 atom stereocenters. The molecule has 0 heterocycles. The molecule has 82 valence electrons. The van der Waals surface area contributed by atoms with Crippen LogP contribution in [0.2, 0.25) is 5.02 Å². The largest absolute Gasteiger partial charge is 0.271 e. The van der Waals surface area contributed by atoms with Crippen LogP contribution in [0.15, 0.2) is 35.3 Å². The van der Waals surface area contributed by atoms with Crippen molar-refractivity contribution in [2.75, 3.05) is 0 Å². The Morgan fingerprint density at radius 2 is 2.33 bits per heavy atom. The summed E-state index contributed by atoms with van der Waals surface area (Å²) in [6, 6.07) is 6.04. The fourth-order valence-corrected chi connectivity index (χ4v) is 2.11. The van der Waals surface area contributed by atoms with E-state index in [9.17, 15) is 0 Å². The Bertz CT molecular complexity index is 341. The Hall–Kier alpha value is -0.350. The van der Waals surface area contributed by atoms with Gasteiger partial charge in [-0.3, -0.25) is 11.3 Å². The number of hydrogen-bond acceptors (Lipinski definition) is 2. The van der Waals surface area contributed by atoms with Gasteiger partial charge in [0.1, 0.15) is 0 Å². The van der Waals surface area contributed by atoms with Crippen molar-refractivity contribution >= 4 is 27.5 Å². The molecule has 1 unspecified atom stereocenters. The normalized spacial score (nSPS) is 12.5. The molecule has 2 nitrogen and oxygen atoms in total. The predicted molar refractivity (Wildman–Crippen MR) is 68.8 cm³/mol. The summed E-state index contributed by atoms with van der Waals surface area (Å²) in [7, 11) is 0. The second-order valence-corrected chi connectivity index (χ2v) is 4.65. The highest BCUT2D eigenvalue weighted by atomic mass is 79.9. The summed E-state index contributed by atoms with van der Waals surface area (Å²) in [5.74, 6) is 5.44. The second kappa shape index (κ2) is 6.28. The van der Waals surface area contributed by atoms with E-state index < -0.39 is 0 Å².